The average Bonchev–Trinajstić information content (AvgIpc) is 2.17. The zero-order valence-corrected chi connectivity index (χ0v) is 10.00. The van der Waals surface area contributed by atoms with Gasteiger partial charge < -0.3 is 5.21 Å². The Balaban J connectivity index is 2.70. The number of nitrogens with zero attached hydrogens (tertiary/aromatic N) is 2. The van der Waals surface area contributed by atoms with Gasteiger partial charge >= 0.3 is 0 Å². The average molecular weight is 234 g/mol. The van der Waals surface area contributed by atoms with E-state index in [1.54, 1.807) is 0 Å². The van der Waals surface area contributed by atoms with Crippen LogP contribution in [0.25, 0.3) is 0 Å². The highest BCUT2D eigenvalue weighted by Crippen LogP contribution is 2.17. The van der Waals surface area contributed by atoms with Crippen LogP contribution in [0.4, 0.5) is 0 Å². The Labute approximate surface area is 90.8 Å². The Hall–Kier alpha value is -0.620. The Kier molecular flexibility index (Phi) is 4.10. The molecule has 0 amide bonds. The molecule has 88 valence electrons. The molecule has 0 saturated carbocycles. The molecule has 0 aliphatic carbocycles. The summed E-state index contributed by atoms with van der Waals surface area (Å²) in [4.78, 5) is 0. The molecule has 1 atom stereocenters. The van der Waals surface area contributed by atoms with Gasteiger partial charge in [-0.3, -0.25) is 0 Å². The van der Waals surface area contributed by atoms with E-state index in [2.05, 4.69) is 5.16 Å². The fourth-order valence-electron chi connectivity index (χ4n) is 1.78. The molecule has 1 aliphatic heterocycles. The second-order valence-corrected chi connectivity index (χ2v) is 6.00. The number of sulfonamides is 1. The van der Waals surface area contributed by atoms with E-state index < -0.39 is 10.0 Å². The molecule has 0 bridgehead atoms. The van der Waals surface area contributed by atoms with Crippen molar-refractivity contribution in [1.82, 2.24) is 4.31 Å². The number of hydrogen-bond donors (Lipinski definition) is 1. The van der Waals surface area contributed by atoms with E-state index in [1.165, 1.54) is 4.31 Å². The van der Waals surface area contributed by atoms with Crippen LogP contribution >= 0.6 is 0 Å². The van der Waals surface area contributed by atoms with Crippen LogP contribution in [0.15, 0.2) is 5.16 Å². The molecule has 0 radical (unpaired) electrons. The summed E-state index contributed by atoms with van der Waals surface area (Å²) < 4.78 is 25.0. The van der Waals surface area contributed by atoms with Crippen molar-refractivity contribution in [3.63, 3.8) is 0 Å². The van der Waals surface area contributed by atoms with Crippen molar-refractivity contribution < 1.29 is 13.6 Å². The van der Waals surface area contributed by atoms with Gasteiger partial charge in [0.1, 0.15) is 0 Å². The van der Waals surface area contributed by atoms with Gasteiger partial charge in [0.15, 0.2) is 0 Å². The standard InChI is InChI=1S/C9H18N2O3S/c1-3-6-15(13,14)11-5-4-9(10-12)8(2)7-11/h8,12H,3-7H2,1-2H3. The molecular weight excluding hydrogens is 216 g/mol. The Bertz CT molecular complexity index is 337. The van der Waals surface area contributed by atoms with Gasteiger partial charge in [-0.05, 0) is 6.42 Å². The molecule has 1 aliphatic rings. The zero-order valence-electron chi connectivity index (χ0n) is 9.18. The highest BCUT2D eigenvalue weighted by Gasteiger charge is 2.29. The van der Waals surface area contributed by atoms with E-state index in [0.29, 0.717) is 31.6 Å². The fourth-order valence-corrected chi connectivity index (χ4v) is 3.37. The summed E-state index contributed by atoms with van der Waals surface area (Å²) in [6.07, 6.45) is 1.16. The second kappa shape index (κ2) is 4.94. The molecule has 1 unspecified atom stereocenters. The van der Waals surface area contributed by atoms with Gasteiger partial charge in [-0.15, -0.1) is 0 Å². The first-order valence-electron chi connectivity index (χ1n) is 5.20. The number of piperidine rings is 1. The molecule has 0 aromatic rings. The van der Waals surface area contributed by atoms with E-state index >= 15 is 0 Å². The molecule has 1 fully saturated rings. The molecule has 1 N–H and O–H groups in total. The lowest BCUT2D eigenvalue weighted by Gasteiger charge is -2.30. The molecule has 5 nitrogen and oxygen atoms in total. The van der Waals surface area contributed by atoms with E-state index in [4.69, 9.17) is 5.21 Å². The highest BCUT2D eigenvalue weighted by molar-refractivity contribution is 7.89. The Morgan fingerprint density at radius 2 is 2.27 bits per heavy atom. The van der Waals surface area contributed by atoms with E-state index in [-0.39, 0.29) is 11.7 Å². The van der Waals surface area contributed by atoms with Gasteiger partial charge in [-0.1, -0.05) is 19.0 Å². The van der Waals surface area contributed by atoms with Crippen molar-refractivity contribution >= 4 is 15.7 Å². The quantitative estimate of drug-likeness (QED) is 0.582. The van der Waals surface area contributed by atoms with Gasteiger partial charge in [0.05, 0.1) is 11.5 Å². The lowest BCUT2D eigenvalue weighted by Crippen LogP contribution is -2.44. The normalized spacial score (nSPS) is 27.1. The third kappa shape index (κ3) is 2.92. The Morgan fingerprint density at radius 1 is 1.60 bits per heavy atom. The first kappa shape index (κ1) is 12.4. The molecule has 1 rings (SSSR count). The summed E-state index contributed by atoms with van der Waals surface area (Å²) in [6, 6.07) is 0. The first-order chi connectivity index (χ1) is 7.01. The summed E-state index contributed by atoms with van der Waals surface area (Å²) >= 11 is 0. The summed E-state index contributed by atoms with van der Waals surface area (Å²) in [7, 11) is -3.10. The van der Waals surface area contributed by atoms with E-state index in [1.807, 2.05) is 13.8 Å². The molecule has 6 heteroatoms. The van der Waals surface area contributed by atoms with Gasteiger partial charge in [-0.25, -0.2) is 12.7 Å². The predicted octanol–water partition coefficient (Wildman–Crippen LogP) is 0.898. The number of rotatable bonds is 3. The van der Waals surface area contributed by atoms with Crippen molar-refractivity contribution in [3.05, 3.63) is 0 Å². The number of oxime groups is 1. The number of hydrogen-bond acceptors (Lipinski definition) is 4. The van der Waals surface area contributed by atoms with Crippen molar-refractivity contribution in [2.24, 2.45) is 11.1 Å². The SMILES string of the molecule is CCCS(=O)(=O)N1CCC(=NO)C(C)C1. The summed E-state index contributed by atoms with van der Waals surface area (Å²) in [5.41, 5.74) is 0.693. The van der Waals surface area contributed by atoms with Gasteiger partial charge in [0, 0.05) is 25.4 Å². The van der Waals surface area contributed by atoms with Crippen LogP contribution in [0, 0.1) is 5.92 Å². The summed E-state index contributed by atoms with van der Waals surface area (Å²) in [5.74, 6) is 0.209. The minimum atomic E-state index is -3.10. The van der Waals surface area contributed by atoms with Crippen LogP contribution in [0.5, 0.6) is 0 Å². The van der Waals surface area contributed by atoms with E-state index in [0.717, 1.165) is 0 Å². The molecule has 1 heterocycles. The van der Waals surface area contributed by atoms with Crippen LogP contribution in [0.1, 0.15) is 26.7 Å². The summed E-state index contributed by atoms with van der Waals surface area (Å²) in [5, 5.41) is 11.9. The van der Waals surface area contributed by atoms with Crippen molar-refractivity contribution in [3.8, 4) is 0 Å². The highest BCUT2D eigenvalue weighted by atomic mass is 32.2. The maximum atomic E-state index is 11.7. The third-order valence-corrected chi connectivity index (χ3v) is 4.69. The van der Waals surface area contributed by atoms with Crippen molar-refractivity contribution in [1.29, 1.82) is 0 Å². The van der Waals surface area contributed by atoms with Crippen LogP contribution in [0.2, 0.25) is 0 Å². The van der Waals surface area contributed by atoms with Crippen molar-refractivity contribution in [2.75, 3.05) is 18.8 Å². The third-order valence-electron chi connectivity index (χ3n) is 2.65. The monoisotopic (exact) mass is 234 g/mol. The molecule has 0 aromatic carbocycles. The van der Waals surface area contributed by atoms with E-state index in [9.17, 15) is 8.42 Å². The minimum absolute atomic E-state index is 0.00961. The largest absolute Gasteiger partial charge is 0.411 e. The maximum absolute atomic E-state index is 11.7. The Morgan fingerprint density at radius 3 is 2.73 bits per heavy atom. The van der Waals surface area contributed by atoms with Crippen LogP contribution in [-0.2, 0) is 10.0 Å². The van der Waals surface area contributed by atoms with Gasteiger partial charge in [-0.2, -0.15) is 0 Å². The zero-order chi connectivity index (χ0) is 11.5. The topological polar surface area (TPSA) is 70.0 Å². The van der Waals surface area contributed by atoms with Gasteiger partial charge in [0.2, 0.25) is 10.0 Å². The first-order valence-corrected chi connectivity index (χ1v) is 6.80. The van der Waals surface area contributed by atoms with Crippen LogP contribution in [0.3, 0.4) is 0 Å². The molecule has 15 heavy (non-hydrogen) atoms. The van der Waals surface area contributed by atoms with Gasteiger partial charge in [0.25, 0.3) is 0 Å². The predicted molar refractivity (Wildman–Crippen MR) is 58.7 cm³/mol. The summed E-state index contributed by atoms with van der Waals surface area (Å²) in [6.45, 7) is 4.60. The van der Waals surface area contributed by atoms with Crippen molar-refractivity contribution in [2.45, 2.75) is 26.7 Å². The molecule has 0 spiro atoms. The lowest BCUT2D eigenvalue weighted by molar-refractivity contribution is 0.300. The molecule has 0 aromatic heterocycles. The molecular formula is C9H18N2O3S. The smallest absolute Gasteiger partial charge is 0.214 e. The fraction of sp³-hybridized carbons (Fsp3) is 0.889. The molecule has 1 saturated heterocycles. The van der Waals surface area contributed by atoms with Crippen LogP contribution < -0.4 is 0 Å². The lowest BCUT2D eigenvalue weighted by atomic mass is 10.00. The second-order valence-electron chi connectivity index (χ2n) is 3.92. The maximum Gasteiger partial charge on any atom is 0.214 e. The minimum Gasteiger partial charge on any atom is -0.411 e. The van der Waals surface area contributed by atoms with Crippen LogP contribution in [-0.4, -0.2) is 42.5 Å².